The predicted octanol–water partition coefficient (Wildman–Crippen LogP) is 2.07. The van der Waals surface area contributed by atoms with Crippen molar-refractivity contribution < 1.29 is 19.0 Å². The van der Waals surface area contributed by atoms with Gasteiger partial charge >= 0.3 is 0 Å². The molecule has 20 heavy (non-hydrogen) atoms. The Morgan fingerprint density at radius 1 is 1.50 bits per heavy atom. The first-order valence-electron chi connectivity index (χ1n) is 6.68. The normalized spacial score (nSPS) is 19.2. The van der Waals surface area contributed by atoms with E-state index in [2.05, 4.69) is 0 Å². The molecule has 0 radical (unpaired) electrons. The lowest BCUT2D eigenvalue weighted by molar-refractivity contribution is 0.0211. The van der Waals surface area contributed by atoms with E-state index < -0.39 is 11.4 Å². The number of ether oxygens (including phenoxy) is 1. The van der Waals surface area contributed by atoms with Gasteiger partial charge < -0.3 is 14.7 Å². The third-order valence-corrected chi connectivity index (χ3v) is 3.87. The summed E-state index contributed by atoms with van der Waals surface area (Å²) >= 11 is 0. The molecule has 0 aromatic heterocycles. The molecule has 110 valence electrons. The van der Waals surface area contributed by atoms with E-state index in [1.165, 1.54) is 25.3 Å². The number of likely N-dealkylation sites (tertiary alicyclic amines) is 1. The Balaban J connectivity index is 2.19. The standard InChI is InChI=1S/C15H20FNO3/c1-15(2,19)10-6-7-17(9-10)14(18)12-8-11(16)4-5-13(12)20-3/h4-5,8,10,19H,6-7,9H2,1-3H3. The van der Waals surface area contributed by atoms with E-state index >= 15 is 0 Å². The second-order valence-corrected chi connectivity index (χ2v) is 5.74. The molecule has 0 aliphatic carbocycles. The molecule has 1 amide bonds. The Labute approximate surface area is 118 Å². The van der Waals surface area contributed by atoms with E-state index in [9.17, 15) is 14.3 Å². The van der Waals surface area contributed by atoms with Gasteiger partial charge in [-0.25, -0.2) is 4.39 Å². The van der Waals surface area contributed by atoms with Crippen LogP contribution in [0.15, 0.2) is 18.2 Å². The fraction of sp³-hybridized carbons (Fsp3) is 0.533. The van der Waals surface area contributed by atoms with Gasteiger partial charge in [-0.15, -0.1) is 0 Å². The summed E-state index contributed by atoms with van der Waals surface area (Å²) in [5.74, 6) is -0.324. The SMILES string of the molecule is COc1ccc(F)cc1C(=O)N1CCC(C(C)(C)O)C1. The Kier molecular flexibility index (Phi) is 3.99. The Hall–Kier alpha value is -1.62. The molecule has 1 aromatic rings. The minimum Gasteiger partial charge on any atom is -0.496 e. The molecule has 4 nitrogen and oxygen atoms in total. The van der Waals surface area contributed by atoms with Gasteiger partial charge in [0.25, 0.3) is 5.91 Å². The van der Waals surface area contributed by atoms with Gasteiger partial charge in [-0.1, -0.05) is 0 Å². The molecule has 1 aromatic carbocycles. The maximum atomic E-state index is 13.3. The van der Waals surface area contributed by atoms with Crippen LogP contribution in [0.4, 0.5) is 4.39 Å². The molecule has 0 saturated carbocycles. The molecule has 1 unspecified atom stereocenters. The Morgan fingerprint density at radius 3 is 2.75 bits per heavy atom. The van der Waals surface area contributed by atoms with Crippen molar-refractivity contribution in [3.05, 3.63) is 29.6 Å². The molecular weight excluding hydrogens is 261 g/mol. The van der Waals surface area contributed by atoms with Crippen molar-refractivity contribution in [1.82, 2.24) is 4.90 Å². The van der Waals surface area contributed by atoms with Crippen LogP contribution < -0.4 is 4.74 Å². The predicted molar refractivity (Wildman–Crippen MR) is 73.3 cm³/mol. The lowest BCUT2D eigenvalue weighted by atomic mass is 9.90. The number of nitrogens with zero attached hydrogens (tertiary/aromatic N) is 1. The molecule has 0 bridgehead atoms. The molecule has 1 N–H and O–H groups in total. The monoisotopic (exact) mass is 281 g/mol. The molecule has 1 atom stereocenters. The van der Waals surface area contributed by atoms with Crippen LogP contribution in [-0.4, -0.2) is 41.7 Å². The van der Waals surface area contributed by atoms with E-state index in [1.54, 1.807) is 18.7 Å². The molecule has 1 saturated heterocycles. The molecular formula is C15H20FNO3. The van der Waals surface area contributed by atoms with E-state index in [4.69, 9.17) is 4.74 Å². The first-order chi connectivity index (χ1) is 9.32. The Bertz CT molecular complexity index is 510. The number of rotatable bonds is 3. The summed E-state index contributed by atoms with van der Waals surface area (Å²) in [5.41, 5.74) is -0.593. The first-order valence-corrected chi connectivity index (χ1v) is 6.68. The highest BCUT2D eigenvalue weighted by Gasteiger charge is 2.36. The van der Waals surface area contributed by atoms with Crippen LogP contribution in [0.2, 0.25) is 0 Å². The van der Waals surface area contributed by atoms with Crippen molar-refractivity contribution in [3.8, 4) is 5.75 Å². The average Bonchev–Trinajstić information content (AvgIpc) is 2.87. The van der Waals surface area contributed by atoms with E-state index in [0.717, 1.165) is 6.42 Å². The fourth-order valence-corrected chi connectivity index (χ4v) is 2.54. The number of methoxy groups -OCH3 is 1. The van der Waals surface area contributed by atoms with Crippen molar-refractivity contribution in [3.63, 3.8) is 0 Å². The number of carbonyl (C=O) groups is 1. The van der Waals surface area contributed by atoms with E-state index in [1.807, 2.05) is 0 Å². The Morgan fingerprint density at radius 2 is 2.20 bits per heavy atom. The summed E-state index contributed by atoms with van der Waals surface area (Å²) in [4.78, 5) is 14.1. The minimum atomic E-state index is -0.818. The van der Waals surface area contributed by atoms with Crippen LogP contribution >= 0.6 is 0 Å². The fourth-order valence-electron chi connectivity index (χ4n) is 2.54. The molecule has 0 spiro atoms. The van der Waals surface area contributed by atoms with Crippen LogP contribution in [0.25, 0.3) is 0 Å². The average molecular weight is 281 g/mol. The van der Waals surface area contributed by atoms with Crippen LogP contribution in [0.3, 0.4) is 0 Å². The first kappa shape index (κ1) is 14.8. The van der Waals surface area contributed by atoms with Gasteiger partial charge in [0.15, 0.2) is 0 Å². The smallest absolute Gasteiger partial charge is 0.257 e. The van der Waals surface area contributed by atoms with Crippen LogP contribution in [0, 0.1) is 11.7 Å². The summed E-state index contributed by atoms with van der Waals surface area (Å²) in [6.45, 7) is 4.53. The molecule has 1 aliphatic rings. The van der Waals surface area contributed by atoms with Crippen molar-refractivity contribution >= 4 is 5.91 Å². The highest BCUT2D eigenvalue weighted by Crippen LogP contribution is 2.29. The summed E-state index contributed by atoms with van der Waals surface area (Å²) in [7, 11) is 1.45. The molecule has 1 aliphatic heterocycles. The van der Waals surface area contributed by atoms with Gasteiger partial charge in [-0.05, 0) is 38.5 Å². The summed E-state index contributed by atoms with van der Waals surface area (Å²) < 4.78 is 18.4. The van der Waals surface area contributed by atoms with Gasteiger partial charge in [0, 0.05) is 19.0 Å². The maximum absolute atomic E-state index is 13.3. The van der Waals surface area contributed by atoms with Crippen molar-refractivity contribution in [1.29, 1.82) is 0 Å². The second-order valence-electron chi connectivity index (χ2n) is 5.74. The van der Waals surface area contributed by atoms with Crippen molar-refractivity contribution in [2.45, 2.75) is 25.9 Å². The third-order valence-electron chi connectivity index (χ3n) is 3.87. The molecule has 5 heteroatoms. The lowest BCUT2D eigenvalue weighted by Gasteiger charge is -2.25. The third kappa shape index (κ3) is 2.93. The second kappa shape index (κ2) is 5.40. The highest BCUT2D eigenvalue weighted by molar-refractivity contribution is 5.97. The topological polar surface area (TPSA) is 49.8 Å². The highest BCUT2D eigenvalue weighted by atomic mass is 19.1. The number of hydrogen-bond donors (Lipinski definition) is 1. The molecule has 2 rings (SSSR count). The summed E-state index contributed by atoms with van der Waals surface area (Å²) in [6.07, 6.45) is 0.743. The zero-order valence-electron chi connectivity index (χ0n) is 12.0. The van der Waals surface area contributed by atoms with E-state index in [0.29, 0.717) is 18.8 Å². The number of amides is 1. The van der Waals surface area contributed by atoms with Crippen LogP contribution in [0.1, 0.15) is 30.6 Å². The number of halogens is 1. The quantitative estimate of drug-likeness (QED) is 0.922. The van der Waals surface area contributed by atoms with Crippen LogP contribution in [0.5, 0.6) is 5.75 Å². The molecule has 1 heterocycles. The van der Waals surface area contributed by atoms with Gasteiger partial charge in [-0.2, -0.15) is 0 Å². The summed E-state index contributed by atoms with van der Waals surface area (Å²) in [5, 5.41) is 10.0. The zero-order valence-corrected chi connectivity index (χ0v) is 12.0. The van der Waals surface area contributed by atoms with Gasteiger partial charge in [0.1, 0.15) is 11.6 Å². The number of hydrogen-bond acceptors (Lipinski definition) is 3. The minimum absolute atomic E-state index is 0.0333. The zero-order chi connectivity index (χ0) is 14.9. The maximum Gasteiger partial charge on any atom is 0.257 e. The van der Waals surface area contributed by atoms with Gasteiger partial charge in [0.05, 0.1) is 18.3 Å². The van der Waals surface area contributed by atoms with Gasteiger partial charge in [0.2, 0.25) is 0 Å². The number of aliphatic hydroxyl groups is 1. The molecule has 1 fully saturated rings. The summed E-state index contributed by atoms with van der Waals surface area (Å²) in [6, 6.07) is 3.91. The van der Waals surface area contributed by atoms with Crippen LogP contribution in [-0.2, 0) is 0 Å². The largest absolute Gasteiger partial charge is 0.496 e. The van der Waals surface area contributed by atoms with Crippen molar-refractivity contribution in [2.24, 2.45) is 5.92 Å². The van der Waals surface area contributed by atoms with Gasteiger partial charge in [-0.3, -0.25) is 4.79 Å². The number of benzene rings is 1. The number of carbonyl (C=O) groups excluding carboxylic acids is 1. The lowest BCUT2D eigenvalue weighted by Crippen LogP contribution is -2.35. The van der Waals surface area contributed by atoms with Crippen molar-refractivity contribution in [2.75, 3.05) is 20.2 Å². The van der Waals surface area contributed by atoms with E-state index in [-0.39, 0.29) is 17.4 Å².